The summed E-state index contributed by atoms with van der Waals surface area (Å²) in [6.07, 6.45) is 11.5. The normalized spacial score (nSPS) is 19.2. The van der Waals surface area contributed by atoms with E-state index in [1.54, 1.807) is 18.5 Å². The largest absolute Gasteiger partial charge is 0.487 e. The van der Waals surface area contributed by atoms with Gasteiger partial charge in [0.05, 0.1) is 50.0 Å². The second kappa shape index (κ2) is 17.6. The lowest BCUT2D eigenvalue weighted by Crippen LogP contribution is -2.46. The molecule has 0 spiro atoms. The van der Waals surface area contributed by atoms with E-state index in [2.05, 4.69) is 25.7 Å². The van der Waals surface area contributed by atoms with Crippen molar-refractivity contribution in [2.24, 2.45) is 5.84 Å². The molecule has 1 aliphatic carbocycles. The van der Waals surface area contributed by atoms with Gasteiger partial charge in [0.15, 0.2) is 0 Å². The number of hydrogen-bond donors (Lipinski definition) is 4. The minimum Gasteiger partial charge on any atom is -0.487 e. The number of nitrogens with one attached hydrogen (secondary N) is 3. The lowest BCUT2D eigenvalue weighted by Gasteiger charge is -2.38. The van der Waals surface area contributed by atoms with E-state index in [1.165, 1.54) is 5.01 Å². The first-order chi connectivity index (χ1) is 23.0. The van der Waals surface area contributed by atoms with Gasteiger partial charge in [-0.2, -0.15) is 5.53 Å². The van der Waals surface area contributed by atoms with Crippen LogP contribution < -0.4 is 26.2 Å². The molecule has 0 bridgehead atoms. The van der Waals surface area contributed by atoms with Crippen LogP contribution in [0.4, 0.5) is 11.6 Å². The Kier molecular flexibility index (Phi) is 13.0. The first-order valence-electron chi connectivity index (χ1n) is 16.4. The maximum atomic E-state index is 7.40. The number of nitrogens with two attached hydrogens (primary N) is 1. The van der Waals surface area contributed by atoms with Crippen molar-refractivity contribution in [3.05, 3.63) is 41.8 Å². The molecule has 5 rings (SSSR count). The number of halogens is 1. The molecule has 2 fully saturated rings. The zero-order valence-corrected chi connectivity index (χ0v) is 28.0. The number of morpholine rings is 1. The van der Waals surface area contributed by atoms with Crippen molar-refractivity contribution in [1.82, 2.24) is 35.2 Å². The summed E-state index contributed by atoms with van der Waals surface area (Å²) < 4.78 is 25.2. The fraction of sp³-hybridized carbons (Fsp3) is 0.562. The number of hydrogen-bond acceptors (Lipinski definition) is 12. The van der Waals surface area contributed by atoms with Gasteiger partial charge in [-0.25, -0.2) is 9.97 Å². The molecular formula is C32H47ClN10O4. The van der Waals surface area contributed by atoms with Crippen LogP contribution >= 0.6 is 11.6 Å². The number of hydrazine groups is 2. The molecule has 0 radical (unpaired) electrons. The second-order valence-electron chi connectivity index (χ2n) is 11.7. The van der Waals surface area contributed by atoms with Gasteiger partial charge in [-0.3, -0.25) is 25.8 Å². The molecule has 3 heterocycles. The third-order valence-electron chi connectivity index (χ3n) is 8.44. The van der Waals surface area contributed by atoms with Crippen LogP contribution in [0.15, 0.2) is 36.8 Å². The predicted molar refractivity (Wildman–Crippen MR) is 181 cm³/mol. The summed E-state index contributed by atoms with van der Waals surface area (Å²) in [5.41, 5.74) is 4.80. The molecule has 256 valence electrons. The average molecular weight is 671 g/mol. The van der Waals surface area contributed by atoms with Gasteiger partial charge < -0.3 is 24.3 Å². The molecular weight excluding hydrogens is 624 g/mol. The van der Waals surface area contributed by atoms with E-state index in [4.69, 9.17) is 46.9 Å². The topological polar surface area (TPSA) is 161 Å². The molecule has 1 saturated carbocycles. The van der Waals surface area contributed by atoms with E-state index in [9.17, 15) is 0 Å². The van der Waals surface area contributed by atoms with E-state index >= 15 is 0 Å². The van der Waals surface area contributed by atoms with Gasteiger partial charge in [-0.05, 0) is 57.2 Å². The van der Waals surface area contributed by atoms with E-state index in [0.717, 1.165) is 81.6 Å². The Labute approximate surface area is 281 Å². The summed E-state index contributed by atoms with van der Waals surface area (Å²) >= 11 is 6.43. The summed E-state index contributed by atoms with van der Waals surface area (Å²) in [5, 5.41) is 17.5. The van der Waals surface area contributed by atoms with Crippen molar-refractivity contribution in [2.45, 2.75) is 64.1 Å². The third-order valence-corrected chi connectivity index (χ3v) is 8.76. The fourth-order valence-electron chi connectivity index (χ4n) is 5.97. The molecule has 47 heavy (non-hydrogen) atoms. The lowest BCUT2D eigenvalue weighted by atomic mass is 9.90. The van der Waals surface area contributed by atoms with Crippen molar-refractivity contribution in [1.29, 1.82) is 5.41 Å². The van der Waals surface area contributed by atoms with E-state index in [-0.39, 0.29) is 6.10 Å². The van der Waals surface area contributed by atoms with E-state index in [0.29, 0.717) is 61.0 Å². The van der Waals surface area contributed by atoms with Gasteiger partial charge in [0.2, 0.25) is 5.95 Å². The summed E-state index contributed by atoms with van der Waals surface area (Å²) in [6, 6.07) is 6.44. The van der Waals surface area contributed by atoms with Crippen LogP contribution in [-0.4, -0.2) is 101 Å². The molecule has 0 unspecified atom stereocenters. The van der Waals surface area contributed by atoms with Crippen molar-refractivity contribution in [3.8, 4) is 22.8 Å². The molecule has 15 heteroatoms. The standard InChI is InChI=1S/C32H47ClN10O4/c1-3-44-13-4-14-46-31-29(21-43(39-31)27-8-6-26(7-9-27)41-11-15-45-16-12-41)38-32-36-18-25(19-37-32)24-5-10-28(33)30(17-24)47-23(2)20-42(22-34)40-35/h5,10,17-19,21-23,26-27,34,40H,3-4,6-9,11-16,20,35H2,1-2H3,(H,36,37,38)/t23-,26?,27?/m0/s1. The van der Waals surface area contributed by atoms with Crippen LogP contribution in [0.2, 0.25) is 5.02 Å². The SMILES string of the molecule is CCOCCCOc1nn(C2CCC(N3CCOCC3)CC2)cc1Nc1ncc(-c2ccc(Cl)c(O[C@@H](C)CN(C=N)NN)c2)cn1. The highest BCUT2D eigenvalue weighted by Crippen LogP contribution is 2.35. The maximum absolute atomic E-state index is 7.40. The van der Waals surface area contributed by atoms with Gasteiger partial charge in [0.1, 0.15) is 17.5 Å². The zero-order valence-electron chi connectivity index (χ0n) is 27.2. The molecule has 0 amide bonds. The van der Waals surface area contributed by atoms with Crippen molar-refractivity contribution in [2.75, 3.05) is 58.0 Å². The molecule has 2 aromatic heterocycles. The number of ether oxygens (including phenoxy) is 4. The van der Waals surface area contributed by atoms with Crippen molar-refractivity contribution in [3.63, 3.8) is 0 Å². The summed E-state index contributed by atoms with van der Waals surface area (Å²) in [5.74, 6) is 6.91. The van der Waals surface area contributed by atoms with Gasteiger partial charge in [-0.1, -0.05) is 17.7 Å². The Morgan fingerprint density at radius 1 is 1.13 bits per heavy atom. The molecule has 1 aromatic carbocycles. The number of anilines is 2. The Morgan fingerprint density at radius 2 is 1.87 bits per heavy atom. The molecule has 1 atom stereocenters. The molecule has 1 saturated heterocycles. The molecule has 5 N–H and O–H groups in total. The fourth-order valence-corrected chi connectivity index (χ4v) is 6.13. The first-order valence-corrected chi connectivity index (χ1v) is 16.8. The number of aromatic nitrogens is 4. The van der Waals surface area contributed by atoms with E-state index < -0.39 is 0 Å². The quantitative estimate of drug-likeness (QED) is 0.0527. The monoisotopic (exact) mass is 670 g/mol. The molecule has 2 aliphatic rings. The smallest absolute Gasteiger partial charge is 0.256 e. The summed E-state index contributed by atoms with van der Waals surface area (Å²) in [7, 11) is 0. The Hall–Kier alpha value is -3.53. The van der Waals surface area contributed by atoms with Crippen LogP contribution in [0, 0.1) is 5.41 Å². The third kappa shape index (κ3) is 9.75. The maximum Gasteiger partial charge on any atom is 0.256 e. The average Bonchev–Trinajstić information content (AvgIpc) is 3.51. The lowest BCUT2D eigenvalue weighted by molar-refractivity contribution is 0.00502. The van der Waals surface area contributed by atoms with Crippen molar-refractivity contribution < 1.29 is 18.9 Å². The highest BCUT2D eigenvalue weighted by Gasteiger charge is 2.29. The summed E-state index contributed by atoms with van der Waals surface area (Å²) in [6.45, 7) is 9.73. The highest BCUT2D eigenvalue weighted by molar-refractivity contribution is 6.32. The Morgan fingerprint density at radius 3 is 2.57 bits per heavy atom. The van der Waals surface area contributed by atoms with Gasteiger partial charge in [0, 0.05) is 56.7 Å². The summed E-state index contributed by atoms with van der Waals surface area (Å²) in [4.78, 5) is 11.8. The molecule has 14 nitrogen and oxygen atoms in total. The van der Waals surface area contributed by atoms with Gasteiger partial charge in [-0.15, -0.1) is 5.10 Å². The minimum atomic E-state index is -0.292. The van der Waals surface area contributed by atoms with Crippen LogP contribution in [0.1, 0.15) is 52.0 Å². The zero-order chi connectivity index (χ0) is 33.0. The van der Waals surface area contributed by atoms with Crippen LogP contribution in [0.5, 0.6) is 11.6 Å². The van der Waals surface area contributed by atoms with Gasteiger partial charge in [0.25, 0.3) is 5.88 Å². The first kappa shape index (κ1) is 34.8. The van der Waals surface area contributed by atoms with Crippen LogP contribution in [0.3, 0.4) is 0 Å². The molecule has 3 aromatic rings. The van der Waals surface area contributed by atoms with Gasteiger partial charge >= 0.3 is 0 Å². The number of benzene rings is 1. The Balaban J connectivity index is 1.25. The highest BCUT2D eigenvalue weighted by atomic mass is 35.5. The number of nitrogens with zero attached hydrogens (tertiary/aromatic N) is 6. The van der Waals surface area contributed by atoms with Crippen molar-refractivity contribution >= 4 is 29.6 Å². The molecule has 1 aliphatic heterocycles. The number of rotatable bonds is 17. The van der Waals surface area contributed by atoms with E-state index in [1.807, 2.05) is 36.9 Å². The Bertz CT molecular complexity index is 1400. The van der Waals surface area contributed by atoms with Crippen LogP contribution in [-0.2, 0) is 9.47 Å². The minimum absolute atomic E-state index is 0.292. The van der Waals surface area contributed by atoms with Crippen LogP contribution in [0.25, 0.3) is 11.1 Å². The second-order valence-corrected chi connectivity index (χ2v) is 12.1. The predicted octanol–water partition coefficient (Wildman–Crippen LogP) is 4.41.